The van der Waals surface area contributed by atoms with Gasteiger partial charge in [0.2, 0.25) is 5.91 Å². The van der Waals surface area contributed by atoms with Crippen LogP contribution in [0.3, 0.4) is 0 Å². The maximum atomic E-state index is 13.3. The number of carbonyl (C=O) groups excluding carboxylic acids is 1. The first-order chi connectivity index (χ1) is 14.7. The fourth-order valence-corrected chi connectivity index (χ4v) is 5.43. The molecule has 2 aliphatic rings. The summed E-state index contributed by atoms with van der Waals surface area (Å²) >= 11 is 6.43. The third-order valence-electron chi connectivity index (χ3n) is 6.69. The first-order valence-electron chi connectivity index (χ1n) is 11.0. The van der Waals surface area contributed by atoms with E-state index in [9.17, 15) is 15.2 Å². The molecule has 1 saturated carbocycles. The van der Waals surface area contributed by atoms with Gasteiger partial charge in [0.15, 0.2) is 0 Å². The molecule has 4 atom stereocenters. The van der Waals surface area contributed by atoms with Gasteiger partial charge in [-0.3, -0.25) is 4.79 Å². The highest BCUT2D eigenvalue weighted by molar-refractivity contribution is 6.33. The van der Waals surface area contributed by atoms with Crippen molar-refractivity contribution in [1.29, 1.82) is 5.26 Å². The molecule has 6 heteroatoms. The molecule has 0 spiro atoms. The van der Waals surface area contributed by atoms with Gasteiger partial charge in [-0.1, -0.05) is 29.9 Å². The van der Waals surface area contributed by atoms with E-state index >= 15 is 0 Å². The van der Waals surface area contributed by atoms with Gasteiger partial charge < -0.3 is 14.7 Å². The average molecular weight is 443 g/mol. The molecular weight excluding hydrogens is 412 g/mol. The molecule has 166 valence electrons. The Kier molecular flexibility index (Phi) is 7.20. The minimum atomic E-state index is -0.982. The number of fused-ring (bicyclic) bond motifs is 1. The second-order valence-electron chi connectivity index (χ2n) is 9.21. The number of likely N-dealkylation sites (tertiary alicyclic amines) is 1. The molecule has 31 heavy (non-hydrogen) atoms. The van der Waals surface area contributed by atoms with Crippen molar-refractivity contribution in [1.82, 2.24) is 4.90 Å². The van der Waals surface area contributed by atoms with E-state index in [1.165, 1.54) is 7.11 Å². The van der Waals surface area contributed by atoms with Crippen LogP contribution in [0.25, 0.3) is 0 Å². The Balaban J connectivity index is 1.77. The Labute approximate surface area is 190 Å². The summed E-state index contributed by atoms with van der Waals surface area (Å²) in [5.74, 6) is 7.89. The lowest BCUT2D eigenvalue weighted by Crippen LogP contribution is -2.53. The van der Waals surface area contributed by atoms with E-state index in [-0.39, 0.29) is 24.3 Å². The van der Waals surface area contributed by atoms with Gasteiger partial charge in [-0.15, -0.1) is 0 Å². The van der Waals surface area contributed by atoms with Crippen LogP contribution in [0.15, 0.2) is 12.1 Å². The SMILES string of the molecule is COc1ccc(C#N)c(CC(=O)N2CC[C@H]3C(C#CC(C)(C)O)CCC[C@@H]3[C@@H]2C)c1Cl. The molecule has 1 heterocycles. The number of hydrogen-bond donors (Lipinski definition) is 1. The fourth-order valence-electron chi connectivity index (χ4n) is 5.13. The summed E-state index contributed by atoms with van der Waals surface area (Å²) in [5, 5.41) is 19.8. The number of carbonyl (C=O) groups is 1. The number of halogens is 1. The van der Waals surface area contributed by atoms with E-state index in [4.69, 9.17) is 16.3 Å². The Morgan fingerprint density at radius 2 is 2.06 bits per heavy atom. The number of ether oxygens (including phenoxy) is 1. The maximum Gasteiger partial charge on any atom is 0.227 e. The van der Waals surface area contributed by atoms with Crippen molar-refractivity contribution < 1.29 is 14.6 Å². The minimum absolute atomic E-state index is 0.0118. The summed E-state index contributed by atoms with van der Waals surface area (Å²) in [6.45, 7) is 6.22. The molecule has 1 aliphatic carbocycles. The molecule has 1 aromatic carbocycles. The Hall–Kier alpha value is -2.21. The van der Waals surface area contributed by atoms with Gasteiger partial charge in [0, 0.05) is 24.1 Å². The summed E-state index contributed by atoms with van der Waals surface area (Å²) < 4.78 is 5.27. The standard InChI is InChI=1S/C25H31ClN2O3/c1-16-19-7-5-6-17(10-12-25(2,3)30)20(19)11-13-28(16)23(29)14-21-18(15-27)8-9-22(31-4)24(21)26/h8-9,16-17,19-20,30H,5-7,11,13-14H2,1-4H3/t16-,17?,19+,20-/m0/s1. The van der Waals surface area contributed by atoms with Gasteiger partial charge in [0.05, 0.1) is 30.2 Å². The van der Waals surface area contributed by atoms with Crippen LogP contribution in [0.5, 0.6) is 5.75 Å². The summed E-state index contributed by atoms with van der Waals surface area (Å²) in [4.78, 5) is 15.2. The van der Waals surface area contributed by atoms with Crippen molar-refractivity contribution in [2.45, 2.75) is 64.5 Å². The van der Waals surface area contributed by atoms with E-state index in [0.717, 1.165) is 25.7 Å². The number of benzene rings is 1. The highest BCUT2D eigenvalue weighted by atomic mass is 35.5. The van der Waals surface area contributed by atoms with Crippen LogP contribution in [-0.2, 0) is 11.2 Å². The first-order valence-corrected chi connectivity index (χ1v) is 11.3. The molecule has 1 N–H and O–H groups in total. The zero-order valence-electron chi connectivity index (χ0n) is 18.7. The topological polar surface area (TPSA) is 73.6 Å². The predicted octanol–water partition coefficient (Wildman–Crippen LogP) is 4.19. The Morgan fingerprint density at radius 3 is 2.71 bits per heavy atom. The molecule has 3 rings (SSSR count). The zero-order valence-corrected chi connectivity index (χ0v) is 19.5. The van der Waals surface area contributed by atoms with Gasteiger partial charge in [0.25, 0.3) is 0 Å². The normalized spacial score (nSPS) is 25.6. The summed E-state index contributed by atoms with van der Waals surface area (Å²) in [7, 11) is 1.52. The number of rotatable bonds is 3. The minimum Gasteiger partial charge on any atom is -0.495 e. The van der Waals surface area contributed by atoms with Crippen molar-refractivity contribution in [2.24, 2.45) is 17.8 Å². The largest absolute Gasteiger partial charge is 0.495 e. The number of nitrogens with zero attached hydrogens (tertiary/aromatic N) is 2. The quantitative estimate of drug-likeness (QED) is 0.712. The Bertz CT molecular complexity index is 935. The number of nitriles is 1. The molecule has 1 aromatic rings. The number of methoxy groups -OCH3 is 1. The van der Waals surface area contributed by atoms with Crippen molar-refractivity contribution >= 4 is 17.5 Å². The van der Waals surface area contributed by atoms with E-state index in [1.54, 1.807) is 26.0 Å². The van der Waals surface area contributed by atoms with Gasteiger partial charge in [-0.2, -0.15) is 5.26 Å². The predicted molar refractivity (Wildman–Crippen MR) is 121 cm³/mol. The average Bonchev–Trinajstić information content (AvgIpc) is 2.73. The van der Waals surface area contributed by atoms with Gasteiger partial charge >= 0.3 is 0 Å². The van der Waals surface area contributed by atoms with Crippen molar-refractivity contribution in [2.75, 3.05) is 13.7 Å². The number of aliphatic hydroxyl groups is 1. The molecule has 5 nitrogen and oxygen atoms in total. The lowest BCUT2D eigenvalue weighted by Gasteiger charge is -2.48. The summed E-state index contributed by atoms with van der Waals surface area (Å²) in [6, 6.07) is 5.54. The van der Waals surface area contributed by atoms with Crippen molar-refractivity contribution in [3.63, 3.8) is 0 Å². The van der Waals surface area contributed by atoms with Crippen LogP contribution in [0.2, 0.25) is 5.02 Å². The number of piperidine rings is 1. The molecule has 1 unspecified atom stereocenters. The molecule has 1 saturated heterocycles. The molecular formula is C25H31ClN2O3. The Morgan fingerprint density at radius 1 is 1.32 bits per heavy atom. The van der Waals surface area contributed by atoms with Gasteiger partial charge in [-0.25, -0.2) is 0 Å². The summed E-state index contributed by atoms with van der Waals surface area (Å²) in [5.41, 5.74) is -0.0503. The van der Waals surface area contributed by atoms with Crippen LogP contribution < -0.4 is 4.74 Å². The van der Waals surface area contributed by atoms with Crippen LogP contribution >= 0.6 is 11.6 Å². The molecule has 2 fully saturated rings. The number of amides is 1. The second kappa shape index (κ2) is 9.51. The lowest BCUT2D eigenvalue weighted by atomic mass is 9.66. The molecule has 0 bridgehead atoms. The lowest BCUT2D eigenvalue weighted by molar-refractivity contribution is -0.137. The summed E-state index contributed by atoms with van der Waals surface area (Å²) in [6.07, 6.45) is 4.21. The van der Waals surface area contributed by atoms with E-state index in [1.807, 2.05) is 4.90 Å². The van der Waals surface area contributed by atoms with Gasteiger partial charge in [-0.05, 0) is 64.0 Å². The molecule has 1 aliphatic heterocycles. The third kappa shape index (κ3) is 5.17. The van der Waals surface area contributed by atoms with Crippen LogP contribution in [0.4, 0.5) is 0 Å². The van der Waals surface area contributed by atoms with E-state index in [0.29, 0.717) is 40.3 Å². The highest BCUT2D eigenvalue weighted by Gasteiger charge is 2.42. The van der Waals surface area contributed by atoms with Crippen molar-refractivity contribution in [3.8, 4) is 23.7 Å². The van der Waals surface area contributed by atoms with Crippen LogP contribution in [0, 0.1) is 40.9 Å². The smallest absolute Gasteiger partial charge is 0.227 e. The van der Waals surface area contributed by atoms with Crippen LogP contribution in [-0.4, -0.2) is 41.2 Å². The maximum absolute atomic E-state index is 13.3. The monoisotopic (exact) mass is 442 g/mol. The molecule has 0 aromatic heterocycles. The second-order valence-corrected chi connectivity index (χ2v) is 9.58. The van der Waals surface area contributed by atoms with Crippen molar-refractivity contribution in [3.05, 3.63) is 28.3 Å². The molecule has 0 radical (unpaired) electrons. The van der Waals surface area contributed by atoms with Gasteiger partial charge in [0.1, 0.15) is 11.4 Å². The third-order valence-corrected chi connectivity index (χ3v) is 7.11. The highest BCUT2D eigenvalue weighted by Crippen LogP contribution is 2.43. The number of hydrogen-bond acceptors (Lipinski definition) is 4. The first kappa shape index (κ1) is 23.5. The van der Waals surface area contributed by atoms with E-state index in [2.05, 4.69) is 24.8 Å². The van der Waals surface area contributed by atoms with Crippen LogP contribution in [0.1, 0.15) is 57.6 Å². The zero-order chi connectivity index (χ0) is 22.8. The van der Waals surface area contributed by atoms with E-state index < -0.39 is 5.60 Å². The fraction of sp³-hybridized carbons (Fsp3) is 0.600. The molecule has 1 amide bonds.